The summed E-state index contributed by atoms with van der Waals surface area (Å²) < 4.78 is 5.42. The van der Waals surface area contributed by atoms with Gasteiger partial charge in [-0.25, -0.2) is 4.79 Å². The fraction of sp³-hybridized carbons (Fsp3) is 0.667. The van der Waals surface area contributed by atoms with Gasteiger partial charge in [0.25, 0.3) is 0 Å². The highest BCUT2D eigenvalue weighted by Gasteiger charge is 2.21. The summed E-state index contributed by atoms with van der Waals surface area (Å²) in [5.74, 6) is 0.848. The van der Waals surface area contributed by atoms with Gasteiger partial charge < -0.3 is 15.0 Å². The Bertz CT molecular complexity index is 537. The number of nitrogens with zero attached hydrogens (tertiary/aromatic N) is 2. The van der Waals surface area contributed by atoms with Gasteiger partial charge in [0, 0.05) is 30.4 Å². The molecule has 128 valence electrons. The van der Waals surface area contributed by atoms with Crippen LogP contribution in [0.25, 0.3) is 0 Å². The molecule has 1 saturated carbocycles. The van der Waals surface area contributed by atoms with Crippen LogP contribution in [0.15, 0.2) is 6.20 Å². The minimum absolute atomic E-state index is 0.0161. The van der Waals surface area contributed by atoms with E-state index in [9.17, 15) is 4.79 Å². The monoisotopic (exact) mass is 319 g/mol. The van der Waals surface area contributed by atoms with E-state index in [1.807, 2.05) is 25.8 Å². The summed E-state index contributed by atoms with van der Waals surface area (Å²) in [6, 6.07) is 0.344. The normalized spacial score (nSPS) is 15.8. The number of ether oxygens (including phenoxy) is 1. The molecule has 1 fully saturated rings. The van der Waals surface area contributed by atoms with Crippen LogP contribution >= 0.6 is 0 Å². The van der Waals surface area contributed by atoms with Crippen LogP contribution in [0.1, 0.15) is 55.3 Å². The molecule has 0 saturated heterocycles. The fourth-order valence-corrected chi connectivity index (χ4v) is 3.34. The van der Waals surface area contributed by atoms with Gasteiger partial charge in [-0.3, -0.25) is 4.98 Å². The molecule has 0 aromatic carbocycles. The predicted molar refractivity (Wildman–Crippen MR) is 91.8 cm³/mol. The first-order valence-electron chi connectivity index (χ1n) is 8.54. The topological polar surface area (TPSA) is 54.5 Å². The molecule has 5 heteroatoms. The van der Waals surface area contributed by atoms with Crippen LogP contribution in [0.3, 0.4) is 0 Å². The van der Waals surface area contributed by atoms with E-state index in [0.717, 1.165) is 35.4 Å². The summed E-state index contributed by atoms with van der Waals surface area (Å²) in [4.78, 5) is 18.7. The van der Waals surface area contributed by atoms with Gasteiger partial charge in [-0.05, 0) is 26.7 Å². The largest absolute Gasteiger partial charge is 0.496 e. The number of aromatic nitrogens is 1. The van der Waals surface area contributed by atoms with Crippen molar-refractivity contribution < 1.29 is 9.53 Å². The summed E-state index contributed by atoms with van der Waals surface area (Å²) in [6.07, 6.45) is 9.04. The lowest BCUT2D eigenvalue weighted by Gasteiger charge is -2.27. The summed E-state index contributed by atoms with van der Waals surface area (Å²) in [7, 11) is 3.57. The Balaban J connectivity index is 1.96. The number of pyridine rings is 1. The van der Waals surface area contributed by atoms with Crippen LogP contribution in [0.5, 0.6) is 5.75 Å². The highest BCUT2D eigenvalue weighted by Crippen LogP contribution is 2.24. The number of rotatable bonds is 4. The second-order valence-electron chi connectivity index (χ2n) is 6.46. The summed E-state index contributed by atoms with van der Waals surface area (Å²) in [5, 5.41) is 3.00. The third kappa shape index (κ3) is 4.36. The Morgan fingerprint density at radius 3 is 2.57 bits per heavy atom. The summed E-state index contributed by atoms with van der Waals surface area (Å²) in [6.45, 7) is 4.38. The van der Waals surface area contributed by atoms with Crippen molar-refractivity contribution in [2.75, 3.05) is 14.2 Å². The van der Waals surface area contributed by atoms with Crippen molar-refractivity contribution >= 4 is 6.03 Å². The summed E-state index contributed by atoms with van der Waals surface area (Å²) in [5.41, 5.74) is 2.86. The van der Waals surface area contributed by atoms with Crippen molar-refractivity contribution in [2.45, 2.75) is 65.0 Å². The molecule has 1 aromatic heterocycles. The minimum atomic E-state index is -0.0161. The van der Waals surface area contributed by atoms with E-state index in [-0.39, 0.29) is 6.03 Å². The number of aryl methyl sites for hydroxylation is 1. The zero-order chi connectivity index (χ0) is 16.8. The first-order chi connectivity index (χ1) is 11.0. The number of methoxy groups -OCH3 is 1. The molecule has 0 radical (unpaired) electrons. The third-order valence-electron chi connectivity index (χ3n) is 4.85. The number of hydrogen-bond donors (Lipinski definition) is 1. The molecule has 1 aliphatic rings. The van der Waals surface area contributed by atoms with E-state index in [1.54, 1.807) is 13.3 Å². The molecule has 0 spiro atoms. The standard InChI is InChI=1S/C18H29N3O2/c1-13-11-19-16(14(2)17(13)23-4)12-20-18(22)21(3)15-9-7-5-6-8-10-15/h11,15H,5-10,12H2,1-4H3,(H,20,22). The number of hydrogen-bond acceptors (Lipinski definition) is 3. The highest BCUT2D eigenvalue weighted by molar-refractivity contribution is 5.74. The van der Waals surface area contributed by atoms with Crippen LogP contribution in [0.4, 0.5) is 4.79 Å². The maximum absolute atomic E-state index is 12.4. The van der Waals surface area contributed by atoms with Crippen LogP contribution in [0, 0.1) is 13.8 Å². The first-order valence-corrected chi connectivity index (χ1v) is 8.54. The Labute approximate surface area is 139 Å². The van der Waals surface area contributed by atoms with Crippen molar-refractivity contribution in [2.24, 2.45) is 0 Å². The zero-order valence-corrected chi connectivity index (χ0v) is 14.8. The lowest BCUT2D eigenvalue weighted by Crippen LogP contribution is -2.43. The number of nitrogens with one attached hydrogen (secondary N) is 1. The molecule has 0 unspecified atom stereocenters. The molecule has 1 heterocycles. The molecule has 2 rings (SSSR count). The Hall–Kier alpha value is -1.78. The zero-order valence-electron chi connectivity index (χ0n) is 14.8. The second kappa shape index (κ2) is 8.18. The molecule has 23 heavy (non-hydrogen) atoms. The lowest BCUT2D eigenvalue weighted by atomic mass is 10.1. The van der Waals surface area contributed by atoms with Gasteiger partial charge >= 0.3 is 6.03 Å². The summed E-state index contributed by atoms with van der Waals surface area (Å²) >= 11 is 0. The molecule has 0 aliphatic heterocycles. The van der Waals surface area contributed by atoms with Crippen molar-refractivity contribution in [1.82, 2.24) is 15.2 Å². The van der Waals surface area contributed by atoms with E-state index in [1.165, 1.54) is 25.7 Å². The van der Waals surface area contributed by atoms with E-state index >= 15 is 0 Å². The lowest BCUT2D eigenvalue weighted by molar-refractivity contribution is 0.183. The van der Waals surface area contributed by atoms with Crippen LogP contribution in [-0.4, -0.2) is 36.1 Å². The number of carbonyl (C=O) groups is 1. The second-order valence-corrected chi connectivity index (χ2v) is 6.46. The maximum atomic E-state index is 12.4. The number of amides is 2. The van der Waals surface area contributed by atoms with Crippen LogP contribution in [0.2, 0.25) is 0 Å². The molecule has 1 N–H and O–H groups in total. The molecule has 1 aromatic rings. The highest BCUT2D eigenvalue weighted by atomic mass is 16.5. The van der Waals surface area contributed by atoms with Crippen LogP contribution in [-0.2, 0) is 6.54 Å². The maximum Gasteiger partial charge on any atom is 0.317 e. The Morgan fingerprint density at radius 1 is 1.30 bits per heavy atom. The quantitative estimate of drug-likeness (QED) is 0.863. The van der Waals surface area contributed by atoms with Gasteiger partial charge in [0.2, 0.25) is 0 Å². The number of urea groups is 1. The van der Waals surface area contributed by atoms with Crippen molar-refractivity contribution in [3.63, 3.8) is 0 Å². The van der Waals surface area contributed by atoms with Gasteiger partial charge in [-0.1, -0.05) is 25.7 Å². The minimum Gasteiger partial charge on any atom is -0.496 e. The predicted octanol–water partition coefficient (Wildman–Crippen LogP) is 3.57. The van der Waals surface area contributed by atoms with Gasteiger partial charge in [0.05, 0.1) is 19.3 Å². The van der Waals surface area contributed by atoms with Crippen LogP contribution < -0.4 is 10.1 Å². The van der Waals surface area contributed by atoms with E-state index in [0.29, 0.717) is 12.6 Å². The third-order valence-corrected chi connectivity index (χ3v) is 4.85. The van der Waals surface area contributed by atoms with Gasteiger partial charge in [-0.15, -0.1) is 0 Å². The molecular weight excluding hydrogens is 290 g/mol. The first kappa shape index (κ1) is 17.6. The van der Waals surface area contributed by atoms with Crippen molar-refractivity contribution in [1.29, 1.82) is 0 Å². The molecular formula is C18H29N3O2. The average Bonchev–Trinajstić information content (AvgIpc) is 2.83. The molecule has 0 atom stereocenters. The SMILES string of the molecule is COc1c(C)cnc(CNC(=O)N(C)C2CCCCCC2)c1C. The van der Waals surface area contributed by atoms with Gasteiger partial charge in [-0.2, -0.15) is 0 Å². The molecule has 2 amide bonds. The molecule has 5 nitrogen and oxygen atoms in total. The van der Waals surface area contributed by atoms with Crippen molar-refractivity contribution in [3.05, 3.63) is 23.0 Å². The van der Waals surface area contributed by atoms with E-state index in [2.05, 4.69) is 10.3 Å². The van der Waals surface area contributed by atoms with Gasteiger partial charge in [0.1, 0.15) is 5.75 Å². The molecule has 1 aliphatic carbocycles. The smallest absolute Gasteiger partial charge is 0.317 e. The average molecular weight is 319 g/mol. The van der Waals surface area contributed by atoms with E-state index < -0.39 is 0 Å². The Kier molecular flexibility index (Phi) is 6.25. The van der Waals surface area contributed by atoms with Crippen molar-refractivity contribution in [3.8, 4) is 5.75 Å². The molecule has 0 bridgehead atoms. The fourth-order valence-electron chi connectivity index (χ4n) is 3.34. The Morgan fingerprint density at radius 2 is 1.96 bits per heavy atom. The van der Waals surface area contributed by atoms with E-state index in [4.69, 9.17) is 4.74 Å². The number of carbonyl (C=O) groups excluding carboxylic acids is 1. The van der Waals surface area contributed by atoms with Gasteiger partial charge in [0.15, 0.2) is 0 Å².